The van der Waals surface area contributed by atoms with Gasteiger partial charge in [0.05, 0.1) is 0 Å². The highest BCUT2D eigenvalue weighted by Crippen LogP contribution is 2.30. The summed E-state index contributed by atoms with van der Waals surface area (Å²) >= 11 is 0. The zero-order chi connectivity index (χ0) is 14.8. The fraction of sp³-hybridized carbons (Fsp3) is 0.133. The van der Waals surface area contributed by atoms with E-state index < -0.39 is 15.8 Å². The fourth-order valence-corrected chi connectivity index (χ4v) is 2.66. The molecule has 2 aromatic carbocycles. The van der Waals surface area contributed by atoms with Crippen LogP contribution in [0, 0.1) is 0 Å². The number of carbonyl (C=O) groups excluding carboxylic acids is 1. The molecule has 5 heteroatoms. The van der Waals surface area contributed by atoms with E-state index in [2.05, 4.69) is 0 Å². The van der Waals surface area contributed by atoms with Crippen LogP contribution in [0.3, 0.4) is 0 Å². The van der Waals surface area contributed by atoms with Gasteiger partial charge in [-0.05, 0) is 23.3 Å². The van der Waals surface area contributed by atoms with Crippen LogP contribution < -0.4 is 4.74 Å². The Morgan fingerprint density at radius 2 is 1.65 bits per heavy atom. The van der Waals surface area contributed by atoms with Crippen molar-refractivity contribution < 1.29 is 17.9 Å². The SMILES string of the molecule is CC(=O)Oc1ccc(-c2ccccc2)cc1S(C)(=O)=O. The first-order chi connectivity index (χ1) is 9.38. The van der Waals surface area contributed by atoms with Crippen LogP contribution in [0.1, 0.15) is 6.92 Å². The monoisotopic (exact) mass is 290 g/mol. The Bertz CT molecular complexity index is 734. The Kier molecular flexibility index (Phi) is 3.90. The minimum Gasteiger partial charge on any atom is -0.425 e. The molecule has 0 amide bonds. The third-order valence-electron chi connectivity index (χ3n) is 2.70. The van der Waals surface area contributed by atoms with E-state index in [9.17, 15) is 13.2 Å². The molecule has 0 unspecified atom stereocenters. The lowest BCUT2D eigenvalue weighted by atomic mass is 10.1. The van der Waals surface area contributed by atoms with Crippen molar-refractivity contribution in [1.82, 2.24) is 0 Å². The van der Waals surface area contributed by atoms with E-state index >= 15 is 0 Å². The number of hydrogen-bond acceptors (Lipinski definition) is 4. The van der Waals surface area contributed by atoms with Crippen molar-refractivity contribution in [3.05, 3.63) is 48.5 Å². The molecule has 2 rings (SSSR count). The van der Waals surface area contributed by atoms with Crippen LogP contribution >= 0.6 is 0 Å². The standard InChI is InChI=1S/C15H14O4S/c1-11(16)19-14-9-8-13(10-15(14)20(2,17)18)12-6-4-3-5-7-12/h3-10H,1-2H3. The van der Waals surface area contributed by atoms with E-state index in [0.717, 1.165) is 17.4 Å². The first-order valence-corrected chi connectivity index (χ1v) is 7.85. The number of hydrogen-bond donors (Lipinski definition) is 0. The molecule has 0 atom stereocenters. The fourth-order valence-electron chi connectivity index (χ4n) is 1.85. The molecule has 0 saturated carbocycles. The van der Waals surface area contributed by atoms with Gasteiger partial charge in [-0.2, -0.15) is 0 Å². The van der Waals surface area contributed by atoms with Gasteiger partial charge in [-0.15, -0.1) is 0 Å². The van der Waals surface area contributed by atoms with Gasteiger partial charge in [0.2, 0.25) is 0 Å². The van der Waals surface area contributed by atoms with E-state index in [-0.39, 0.29) is 10.6 Å². The van der Waals surface area contributed by atoms with E-state index in [4.69, 9.17) is 4.74 Å². The highest BCUT2D eigenvalue weighted by molar-refractivity contribution is 7.90. The van der Waals surface area contributed by atoms with Crippen molar-refractivity contribution in [1.29, 1.82) is 0 Å². The molecule has 0 aliphatic rings. The van der Waals surface area contributed by atoms with Crippen LogP contribution in [-0.2, 0) is 14.6 Å². The molecule has 0 saturated heterocycles. The summed E-state index contributed by atoms with van der Waals surface area (Å²) < 4.78 is 28.6. The molecule has 0 bridgehead atoms. The number of benzene rings is 2. The van der Waals surface area contributed by atoms with Crippen molar-refractivity contribution >= 4 is 15.8 Å². The van der Waals surface area contributed by atoms with Gasteiger partial charge in [-0.25, -0.2) is 8.42 Å². The van der Waals surface area contributed by atoms with Gasteiger partial charge < -0.3 is 4.74 Å². The minimum absolute atomic E-state index is 0.00838. The lowest BCUT2D eigenvalue weighted by molar-refractivity contribution is -0.132. The van der Waals surface area contributed by atoms with Crippen LogP contribution in [0.2, 0.25) is 0 Å². The van der Waals surface area contributed by atoms with Crippen molar-refractivity contribution in [2.45, 2.75) is 11.8 Å². The van der Waals surface area contributed by atoms with Crippen LogP contribution in [-0.4, -0.2) is 20.6 Å². The Balaban J connectivity index is 2.58. The maximum Gasteiger partial charge on any atom is 0.308 e. The predicted molar refractivity (Wildman–Crippen MR) is 76.3 cm³/mol. The van der Waals surface area contributed by atoms with Crippen molar-refractivity contribution in [2.75, 3.05) is 6.26 Å². The smallest absolute Gasteiger partial charge is 0.308 e. The van der Waals surface area contributed by atoms with Crippen molar-refractivity contribution in [3.63, 3.8) is 0 Å². The Morgan fingerprint density at radius 1 is 1.00 bits per heavy atom. The van der Waals surface area contributed by atoms with Gasteiger partial charge in [-0.3, -0.25) is 4.79 Å². The van der Waals surface area contributed by atoms with Gasteiger partial charge >= 0.3 is 5.97 Å². The highest BCUT2D eigenvalue weighted by atomic mass is 32.2. The molecule has 104 valence electrons. The van der Waals surface area contributed by atoms with Gasteiger partial charge in [-0.1, -0.05) is 36.4 Å². The topological polar surface area (TPSA) is 60.4 Å². The summed E-state index contributed by atoms with van der Waals surface area (Å²) in [6, 6.07) is 14.1. The van der Waals surface area contributed by atoms with Crippen molar-refractivity contribution in [3.8, 4) is 16.9 Å². The second-order valence-electron chi connectivity index (χ2n) is 4.39. The summed E-state index contributed by atoms with van der Waals surface area (Å²) in [5.41, 5.74) is 1.65. The second kappa shape index (κ2) is 5.46. The average molecular weight is 290 g/mol. The van der Waals surface area contributed by atoms with Gasteiger partial charge in [0.15, 0.2) is 9.84 Å². The molecule has 20 heavy (non-hydrogen) atoms. The number of ether oxygens (including phenoxy) is 1. The highest BCUT2D eigenvalue weighted by Gasteiger charge is 2.17. The van der Waals surface area contributed by atoms with E-state index in [1.807, 2.05) is 30.3 Å². The molecule has 0 aliphatic heterocycles. The molecule has 0 spiro atoms. The minimum atomic E-state index is -3.49. The van der Waals surface area contributed by atoms with E-state index in [1.54, 1.807) is 6.07 Å². The Morgan fingerprint density at radius 3 is 2.20 bits per heavy atom. The van der Waals surface area contributed by atoms with Gasteiger partial charge in [0.25, 0.3) is 0 Å². The lowest BCUT2D eigenvalue weighted by Crippen LogP contribution is -2.07. The number of rotatable bonds is 3. The molecule has 0 fully saturated rings. The summed E-state index contributed by atoms with van der Waals surface area (Å²) in [5.74, 6) is -0.498. The van der Waals surface area contributed by atoms with Crippen molar-refractivity contribution in [2.24, 2.45) is 0 Å². The number of sulfone groups is 1. The maximum atomic E-state index is 11.8. The molecule has 0 radical (unpaired) electrons. The summed E-state index contributed by atoms with van der Waals surface area (Å²) in [6.07, 6.45) is 1.09. The molecule has 4 nitrogen and oxygen atoms in total. The summed E-state index contributed by atoms with van der Waals surface area (Å²) in [6.45, 7) is 1.23. The zero-order valence-corrected chi connectivity index (χ0v) is 12.0. The number of esters is 1. The molecule has 0 aromatic heterocycles. The quantitative estimate of drug-likeness (QED) is 0.644. The molecule has 0 aliphatic carbocycles. The first-order valence-electron chi connectivity index (χ1n) is 5.96. The normalized spacial score (nSPS) is 11.1. The first kappa shape index (κ1) is 14.3. The Hall–Kier alpha value is -2.14. The van der Waals surface area contributed by atoms with Crippen LogP contribution in [0.15, 0.2) is 53.4 Å². The molecule has 0 N–H and O–H groups in total. The van der Waals surface area contributed by atoms with Crippen LogP contribution in [0.5, 0.6) is 5.75 Å². The summed E-state index contributed by atoms with van der Waals surface area (Å²) in [5, 5.41) is 0. The summed E-state index contributed by atoms with van der Waals surface area (Å²) in [4.78, 5) is 11.0. The Labute approximate surface area is 117 Å². The van der Waals surface area contributed by atoms with E-state index in [1.165, 1.54) is 19.1 Å². The van der Waals surface area contributed by atoms with Gasteiger partial charge in [0, 0.05) is 13.2 Å². The molecule has 0 heterocycles. The largest absolute Gasteiger partial charge is 0.425 e. The average Bonchev–Trinajstić information content (AvgIpc) is 2.38. The number of carbonyl (C=O) groups is 1. The predicted octanol–water partition coefficient (Wildman–Crippen LogP) is 2.68. The van der Waals surface area contributed by atoms with Crippen LogP contribution in [0.4, 0.5) is 0 Å². The van der Waals surface area contributed by atoms with E-state index in [0.29, 0.717) is 0 Å². The lowest BCUT2D eigenvalue weighted by Gasteiger charge is -2.10. The third kappa shape index (κ3) is 3.24. The second-order valence-corrected chi connectivity index (χ2v) is 6.38. The third-order valence-corrected chi connectivity index (χ3v) is 3.82. The van der Waals surface area contributed by atoms with Gasteiger partial charge in [0.1, 0.15) is 10.6 Å². The summed E-state index contributed by atoms with van der Waals surface area (Å²) in [7, 11) is -3.49. The zero-order valence-electron chi connectivity index (χ0n) is 11.2. The molecule has 2 aromatic rings. The molecular weight excluding hydrogens is 276 g/mol. The maximum absolute atomic E-state index is 11.8. The molecular formula is C15H14O4S. The van der Waals surface area contributed by atoms with Crippen LogP contribution in [0.25, 0.3) is 11.1 Å².